The van der Waals surface area contributed by atoms with Crippen LogP contribution in [0.3, 0.4) is 0 Å². The second-order valence-electron chi connectivity index (χ2n) is 7.03. The lowest BCUT2D eigenvalue weighted by molar-refractivity contribution is 0.123. The lowest BCUT2D eigenvalue weighted by atomic mass is 9.97. The van der Waals surface area contributed by atoms with E-state index in [0.29, 0.717) is 17.7 Å². The largest absolute Gasteiger partial charge is 0.393 e. The first-order valence-electron chi connectivity index (χ1n) is 7.17. The van der Waals surface area contributed by atoms with E-state index in [0.717, 1.165) is 38.3 Å². The second-order valence-corrected chi connectivity index (χ2v) is 7.03. The van der Waals surface area contributed by atoms with Gasteiger partial charge in [-0.05, 0) is 18.8 Å². The molecular formula is C14H23N3O2. The Bertz CT molecular complexity index is 452. The van der Waals surface area contributed by atoms with Crippen LogP contribution in [0, 0.1) is 11.8 Å². The summed E-state index contributed by atoms with van der Waals surface area (Å²) in [5, 5.41) is 14.0. The summed E-state index contributed by atoms with van der Waals surface area (Å²) in [6.07, 6.45) is 2.02. The molecule has 1 aromatic heterocycles. The Hall–Kier alpha value is -0.940. The Morgan fingerprint density at radius 3 is 2.74 bits per heavy atom. The lowest BCUT2D eigenvalue weighted by Crippen LogP contribution is -2.25. The van der Waals surface area contributed by atoms with Crippen LogP contribution in [0.15, 0.2) is 4.52 Å². The molecule has 5 heteroatoms. The van der Waals surface area contributed by atoms with Crippen LogP contribution >= 0.6 is 0 Å². The molecule has 1 aliphatic carbocycles. The normalized spacial score (nSPS) is 31.9. The van der Waals surface area contributed by atoms with Crippen molar-refractivity contribution in [3.05, 3.63) is 11.7 Å². The fraction of sp³-hybridized carbons (Fsp3) is 0.857. The van der Waals surface area contributed by atoms with Crippen LogP contribution in [0.25, 0.3) is 0 Å². The van der Waals surface area contributed by atoms with Crippen molar-refractivity contribution in [3.8, 4) is 0 Å². The van der Waals surface area contributed by atoms with Gasteiger partial charge < -0.3 is 9.63 Å². The summed E-state index contributed by atoms with van der Waals surface area (Å²) in [6.45, 7) is 8.97. The highest BCUT2D eigenvalue weighted by Gasteiger charge is 2.41. The maximum atomic E-state index is 9.92. The van der Waals surface area contributed by atoms with Gasteiger partial charge in [0, 0.05) is 24.4 Å². The number of aliphatic hydroxyl groups excluding tert-OH is 1. The van der Waals surface area contributed by atoms with Crippen LogP contribution < -0.4 is 0 Å². The van der Waals surface area contributed by atoms with Gasteiger partial charge in [0.15, 0.2) is 5.82 Å². The molecule has 0 bridgehead atoms. The van der Waals surface area contributed by atoms with Crippen molar-refractivity contribution in [3.63, 3.8) is 0 Å². The van der Waals surface area contributed by atoms with E-state index in [2.05, 4.69) is 35.8 Å². The summed E-state index contributed by atoms with van der Waals surface area (Å²) < 4.78 is 5.32. The molecule has 1 saturated carbocycles. The molecule has 3 rings (SSSR count). The van der Waals surface area contributed by atoms with Gasteiger partial charge in [-0.1, -0.05) is 25.9 Å². The summed E-state index contributed by atoms with van der Waals surface area (Å²) in [5.74, 6) is 2.57. The van der Waals surface area contributed by atoms with Crippen molar-refractivity contribution in [2.75, 3.05) is 13.1 Å². The van der Waals surface area contributed by atoms with Crippen LogP contribution in [0.2, 0.25) is 0 Å². The van der Waals surface area contributed by atoms with E-state index in [4.69, 9.17) is 4.52 Å². The molecule has 0 spiro atoms. The van der Waals surface area contributed by atoms with E-state index in [1.165, 1.54) is 0 Å². The summed E-state index contributed by atoms with van der Waals surface area (Å²) in [4.78, 5) is 6.82. The zero-order valence-corrected chi connectivity index (χ0v) is 12.0. The van der Waals surface area contributed by atoms with Gasteiger partial charge in [-0.25, -0.2) is 0 Å². The first-order chi connectivity index (χ1) is 8.93. The molecule has 0 aromatic carbocycles. The molecule has 2 aliphatic rings. The van der Waals surface area contributed by atoms with E-state index in [9.17, 15) is 5.11 Å². The Morgan fingerprint density at radius 2 is 2.11 bits per heavy atom. The van der Waals surface area contributed by atoms with Crippen LogP contribution in [0.1, 0.15) is 45.3 Å². The Kier molecular flexibility index (Phi) is 3.14. The molecular weight excluding hydrogens is 242 g/mol. The fourth-order valence-electron chi connectivity index (χ4n) is 3.28. The Balaban J connectivity index is 1.62. The monoisotopic (exact) mass is 265 g/mol. The molecule has 3 atom stereocenters. The number of aromatic nitrogens is 2. The van der Waals surface area contributed by atoms with Crippen molar-refractivity contribution in [2.45, 2.75) is 51.7 Å². The van der Waals surface area contributed by atoms with E-state index in [1.807, 2.05) is 0 Å². The quantitative estimate of drug-likeness (QED) is 0.879. The zero-order valence-electron chi connectivity index (χ0n) is 12.0. The van der Waals surface area contributed by atoms with Crippen molar-refractivity contribution in [1.29, 1.82) is 0 Å². The third kappa shape index (κ3) is 2.54. The summed E-state index contributed by atoms with van der Waals surface area (Å²) in [6, 6.07) is 0. The highest BCUT2D eigenvalue weighted by atomic mass is 16.5. The van der Waals surface area contributed by atoms with Gasteiger partial charge in [0.2, 0.25) is 5.89 Å². The van der Waals surface area contributed by atoms with Crippen LogP contribution in [-0.4, -0.2) is 39.3 Å². The Morgan fingerprint density at radius 1 is 1.32 bits per heavy atom. The van der Waals surface area contributed by atoms with Crippen LogP contribution in [0.4, 0.5) is 0 Å². The SMILES string of the molecule is CC(C)(C)c1nc(CN2CC3CCC(O)C3C2)no1. The first kappa shape index (κ1) is 13.1. The number of hydrogen-bond acceptors (Lipinski definition) is 5. The molecule has 5 nitrogen and oxygen atoms in total. The molecule has 1 aromatic rings. The van der Waals surface area contributed by atoms with E-state index in [1.54, 1.807) is 0 Å². The fourth-order valence-corrected chi connectivity index (χ4v) is 3.28. The maximum Gasteiger partial charge on any atom is 0.232 e. The molecule has 19 heavy (non-hydrogen) atoms. The van der Waals surface area contributed by atoms with Crippen molar-refractivity contribution >= 4 is 0 Å². The molecule has 1 N–H and O–H groups in total. The summed E-state index contributed by atoms with van der Waals surface area (Å²) >= 11 is 0. The summed E-state index contributed by atoms with van der Waals surface area (Å²) in [5.41, 5.74) is -0.0943. The molecule has 0 radical (unpaired) electrons. The average molecular weight is 265 g/mol. The molecule has 3 unspecified atom stereocenters. The van der Waals surface area contributed by atoms with Gasteiger partial charge in [0.1, 0.15) is 0 Å². The number of rotatable bonds is 2. The van der Waals surface area contributed by atoms with Gasteiger partial charge in [-0.15, -0.1) is 0 Å². The third-order valence-corrected chi connectivity index (χ3v) is 4.37. The van der Waals surface area contributed by atoms with Crippen molar-refractivity contribution in [1.82, 2.24) is 15.0 Å². The molecule has 106 valence electrons. The lowest BCUT2D eigenvalue weighted by Gasteiger charge is -2.15. The minimum atomic E-state index is -0.106. The van der Waals surface area contributed by atoms with Gasteiger partial charge in [-0.3, -0.25) is 4.90 Å². The van der Waals surface area contributed by atoms with E-state index >= 15 is 0 Å². The molecule has 0 amide bonds. The van der Waals surface area contributed by atoms with Crippen LogP contribution in [-0.2, 0) is 12.0 Å². The van der Waals surface area contributed by atoms with E-state index < -0.39 is 0 Å². The number of nitrogens with zero attached hydrogens (tertiary/aromatic N) is 3. The maximum absolute atomic E-state index is 9.92. The minimum Gasteiger partial charge on any atom is -0.393 e. The first-order valence-corrected chi connectivity index (χ1v) is 7.17. The topological polar surface area (TPSA) is 62.4 Å². The van der Waals surface area contributed by atoms with Crippen LogP contribution in [0.5, 0.6) is 0 Å². The molecule has 1 saturated heterocycles. The smallest absolute Gasteiger partial charge is 0.232 e. The highest BCUT2D eigenvalue weighted by molar-refractivity contribution is 5.00. The molecule has 2 heterocycles. The van der Waals surface area contributed by atoms with Gasteiger partial charge in [0.05, 0.1) is 12.6 Å². The third-order valence-electron chi connectivity index (χ3n) is 4.37. The number of fused-ring (bicyclic) bond motifs is 1. The highest BCUT2D eigenvalue weighted by Crippen LogP contribution is 2.38. The van der Waals surface area contributed by atoms with Gasteiger partial charge >= 0.3 is 0 Å². The second kappa shape index (κ2) is 4.56. The number of hydrogen-bond donors (Lipinski definition) is 1. The number of likely N-dealkylation sites (tertiary alicyclic amines) is 1. The average Bonchev–Trinajstić information content (AvgIpc) is 2.97. The predicted molar refractivity (Wildman–Crippen MR) is 70.5 cm³/mol. The summed E-state index contributed by atoms with van der Waals surface area (Å²) in [7, 11) is 0. The van der Waals surface area contributed by atoms with Gasteiger partial charge in [-0.2, -0.15) is 4.98 Å². The van der Waals surface area contributed by atoms with E-state index in [-0.39, 0.29) is 11.5 Å². The van der Waals surface area contributed by atoms with Gasteiger partial charge in [0.25, 0.3) is 0 Å². The predicted octanol–water partition coefficient (Wildman–Crippen LogP) is 1.57. The molecule has 2 fully saturated rings. The van der Waals surface area contributed by atoms with Crippen molar-refractivity contribution < 1.29 is 9.63 Å². The zero-order chi connectivity index (χ0) is 13.6. The Labute approximate surface area is 114 Å². The standard InChI is InChI=1S/C14H23N3O2/c1-14(2,3)13-15-12(16-19-13)8-17-6-9-4-5-11(18)10(9)7-17/h9-11,18H,4-8H2,1-3H3. The minimum absolute atomic E-state index is 0.0943. The van der Waals surface area contributed by atoms with Crippen molar-refractivity contribution in [2.24, 2.45) is 11.8 Å². The molecule has 1 aliphatic heterocycles. The number of aliphatic hydroxyl groups is 1.